The molecule has 0 spiro atoms. The maximum absolute atomic E-state index is 12.3. The van der Waals surface area contributed by atoms with Crippen molar-refractivity contribution in [1.29, 1.82) is 0 Å². The van der Waals surface area contributed by atoms with Gasteiger partial charge in [-0.1, -0.05) is 30.3 Å². The van der Waals surface area contributed by atoms with Crippen molar-refractivity contribution in [3.63, 3.8) is 0 Å². The molecule has 156 valence electrons. The topological polar surface area (TPSA) is 77.2 Å². The third-order valence-corrected chi connectivity index (χ3v) is 7.11. The van der Waals surface area contributed by atoms with Crippen LogP contribution in [-0.4, -0.2) is 27.9 Å². The number of hydrogen-bond donors (Lipinski definition) is 1. The fourth-order valence-electron chi connectivity index (χ4n) is 4.79. The van der Waals surface area contributed by atoms with Crippen molar-refractivity contribution in [3.05, 3.63) is 35.2 Å². The highest BCUT2D eigenvalue weighted by Gasteiger charge is 2.42. The smallest absolute Gasteiger partial charge is 0.277 e. The van der Waals surface area contributed by atoms with E-state index < -0.39 is 0 Å². The van der Waals surface area contributed by atoms with Gasteiger partial charge in [0.2, 0.25) is 5.91 Å². The molecule has 4 unspecified atom stereocenters. The van der Waals surface area contributed by atoms with Gasteiger partial charge in [0.05, 0.1) is 5.75 Å². The molecule has 0 radical (unpaired) electrons. The first-order chi connectivity index (χ1) is 14.0. The quantitative estimate of drug-likeness (QED) is 0.648. The van der Waals surface area contributed by atoms with Gasteiger partial charge in [0.25, 0.3) is 11.1 Å². The Morgan fingerprint density at radius 2 is 2.17 bits per heavy atom. The number of nitrogens with zero attached hydrogens (tertiary/aromatic N) is 2. The highest BCUT2D eigenvalue weighted by Crippen LogP contribution is 2.49. The van der Waals surface area contributed by atoms with Crippen LogP contribution in [0.25, 0.3) is 0 Å². The molecule has 1 heterocycles. The van der Waals surface area contributed by atoms with E-state index in [0.717, 1.165) is 28.7 Å². The molecule has 2 aliphatic carbocycles. The molecule has 6 nitrogen and oxygen atoms in total. The Morgan fingerprint density at radius 3 is 2.93 bits per heavy atom. The highest BCUT2D eigenvalue weighted by atomic mass is 32.2. The summed E-state index contributed by atoms with van der Waals surface area (Å²) in [6, 6.07) is 6.30. The van der Waals surface area contributed by atoms with Gasteiger partial charge in [0, 0.05) is 6.04 Å². The number of nitrogens with one attached hydrogen (secondary N) is 1. The first-order valence-electron chi connectivity index (χ1n) is 10.4. The third-order valence-electron chi connectivity index (χ3n) is 6.29. The van der Waals surface area contributed by atoms with Gasteiger partial charge in [-0.25, -0.2) is 0 Å². The predicted octanol–water partition coefficient (Wildman–Crippen LogP) is 4.30. The number of aryl methyl sites for hydroxylation is 2. The highest BCUT2D eigenvalue weighted by molar-refractivity contribution is 7.99. The molecule has 2 saturated carbocycles. The van der Waals surface area contributed by atoms with E-state index in [4.69, 9.17) is 9.15 Å². The van der Waals surface area contributed by atoms with Crippen LogP contribution >= 0.6 is 11.8 Å². The summed E-state index contributed by atoms with van der Waals surface area (Å²) in [6.07, 6.45) is 5.34. The Labute approximate surface area is 176 Å². The Bertz CT molecular complexity index is 869. The number of amides is 1. The number of ether oxygens (including phenoxy) is 1. The Balaban J connectivity index is 1.22. The van der Waals surface area contributed by atoms with Gasteiger partial charge in [0.15, 0.2) is 6.61 Å². The van der Waals surface area contributed by atoms with Gasteiger partial charge in [-0.2, -0.15) is 0 Å². The second-order valence-electron chi connectivity index (χ2n) is 8.50. The second-order valence-corrected chi connectivity index (χ2v) is 9.43. The zero-order valence-corrected chi connectivity index (χ0v) is 18.1. The fraction of sp³-hybridized carbons (Fsp3) is 0.591. The lowest BCUT2D eigenvalue weighted by atomic mass is 9.84. The minimum absolute atomic E-state index is 0.0247. The first-order valence-corrected chi connectivity index (χ1v) is 11.4. The molecule has 0 aliphatic heterocycles. The molecule has 0 saturated heterocycles. The third kappa shape index (κ3) is 4.94. The van der Waals surface area contributed by atoms with E-state index in [9.17, 15) is 4.79 Å². The van der Waals surface area contributed by atoms with Gasteiger partial charge in [0.1, 0.15) is 5.75 Å². The Kier molecular flexibility index (Phi) is 6.13. The molecule has 29 heavy (non-hydrogen) atoms. The summed E-state index contributed by atoms with van der Waals surface area (Å²) in [6.45, 7) is 6.38. The van der Waals surface area contributed by atoms with Crippen LogP contribution in [0.5, 0.6) is 5.75 Å². The van der Waals surface area contributed by atoms with Gasteiger partial charge in [-0.05, 0) is 75.0 Å². The summed E-state index contributed by atoms with van der Waals surface area (Å²) in [7, 11) is 0. The number of aromatic nitrogens is 2. The Hall–Kier alpha value is -2.02. The van der Waals surface area contributed by atoms with E-state index in [1.807, 2.05) is 32.0 Å². The second kappa shape index (κ2) is 8.78. The molecular formula is C22H29N3O3S. The molecule has 2 aliphatic rings. The molecule has 7 heteroatoms. The molecule has 4 rings (SSSR count). The van der Waals surface area contributed by atoms with Crippen molar-refractivity contribution in [2.75, 3.05) is 5.75 Å². The van der Waals surface area contributed by atoms with Gasteiger partial charge >= 0.3 is 0 Å². The molecule has 1 aromatic heterocycles. The molecular weight excluding hydrogens is 386 g/mol. The number of thioether (sulfide) groups is 1. The number of hydrogen-bond acceptors (Lipinski definition) is 6. The molecule has 2 fully saturated rings. The lowest BCUT2D eigenvalue weighted by Crippen LogP contribution is -2.40. The van der Waals surface area contributed by atoms with Crippen LogP contribution in [0.3, 0.4) is 0 Å². The SMILES string of the molecule is Cc1ccc(C)c(OCc2nnc(SCC(=O)NC(C)C3CC4CCC3C4)o2)c1. The van der Waals surface area contributed by atoms with E-state index in [1.54, 1.807) is 0 Å². The van der Waals surface area contributed by atoms with Crippen molar-refractivity contribution >= 4 is 17.7 Å². The van der Waals surface area contributed by atoms with Crippen LogP contribution in [0.4, 0.5) is 0 Å². The number of fused-ring (bicyclic) bond motifs is 2. The van der Waals surface area contributed by atoms with Crippen molar-refractivity contribution in [1.82, 2.24) is 15.5 Å². The van der Waals surface area contributed by atoms with E-state index >= 15 is 0 Å². The van der Waals surface area contributed by atoms with Crippen molar-refractivity contribution in [2.45, 2.75) is 64.3 Å². The zero-order chi connectivity index (χ0) is 20.4. The molecule has 2 bridgehead atoms. The van der Waals surface area contributed by atoms with E-state index in [2.05, 4.69) is 22.4 Å². The van der Waals surface area contributed by atoms with Crippen LogP contribution in [0, 0.1) is 31.6 Å². The van der Waals surface area contributed by atoms with E-state index in [-0.39, 0.29) is 24.3 Å². The summed E-state index contributed by atoms with van der Waals surface area (Å²) in [5, 5.41) is 11.6. The summed E-state index contributed by atoms with van der Waals surface area (Å²) in [5.41, 5.74) is 2.20. The maximum atomic E-state index is 12.3. The monoisotopic (exact) mass is 415 g/mol. The summed E-state index contributed by atoms with van der Waals surface area (Å²) in [5.74, 6) is 3.86. The van der Waals surface area contributed by atoms with E-state index in [0.29, 0.717) is 17.0 Å². The normalized spacial score (nSPS) is 23.9. The lowest BCUT2D eigenvalue weighted by molar-refractivity contribution is -0.119. The largest absolute Gasteiger partial charge is 0.484 e. The summed E-state index contributed by atoms with van der Waals surface area (Å²) in [4.78, 5) is 12.3. The summed E-state index contributed by atoms with van der Waals surface area (Å²) >= 11 is 1.27. The van der Waals surface area contributed by atoms with E-state index in [1.165, 1.54) is 37.4 Å². The van der Waals surface area contributed by atoms with Gasteiger partial charge < -0.3 is 14.5 Å². The number of carbonyl (C=O) groups excluding carboxylic acids is 1. The summed E-state index contributed by atoms with van der Waals surface area (Å²) < 4.78 is 11.4. The van der Waals surface area contributed by atoms with Crippen molar-refractivity contribution < 1.29 is 13.9 Å². The standard InChI is InChI=1S/C22H29N3O3S/c1-13-4-5-14(2)19(8-13)27-11-21-24-25-22(28-21)29-12-20(26)23-15(3)18-10-16-6-7-17(18)9-16/h4-5,8,15-18H,6-7,9-12H2,1-3H3,(H,23,26). The molecule has 1 N–H and O–H groups in total. The van der Waals surface area contributed by atoms with Crippen LogP contribution in [0.2, 0.25) is 0 Å². The van der Waals surface area contributed by atoms with Crippen LogP contribution in [0.1, 0.15) is 49.6 Å². The molecule has 1 aromatic carbocycles. The average Bonchev–Trinajstić information content (AvgIpc) is 3.44. The van der Waals surface area contributed by atoms with Crippen LogP contribution in [0.15, 0.2) is 27.8 Å². The van der Waals surface area contributed by atoms with Crippen LogP contribution < -0.4 is 10.1 Å². The van der Waals surface area contributed by atoms with Gasteiger partial charge in [-0.15, -0.1) is 10.2 Å². The first kappa shape index (κ1) is 20.3. The van der Waals surface area contributed by atoms with Crippen LogP contribution in [-0.2, 0) is 11.4 Å². The molecule has 4 atom stereocenters. The number of carbonyl (C=O) groups is 1. The number of benzene rings is 1. The predicted molar refractivity (Wildman–Crippen MR) is 112 cm³/mol. The Morgan fingerprint density at radius 1 is 1.31 bits per heavy atom. The fourth-order valence-corrected chi connectivity index (χ4v) is 5.38. The number of rotatable bonds is 8. The molecule has 1 amide bonds. The van der Waals surface area contributed by atoms with Crippen molar-refractivity contribution in [2.24, 2.45) is 17.8 Å². The van der Waals surface area contributed by atoms with Crippen molar-refractivity contribution in [3.8, 4) is 5.75 Å². The van der Waals surface area contributed by atoms with Gasteiger partial charge in [-0.3, -0.25) is 4.79 Å². The molecule has 2 aromatic rings. The lowest BCUT2D eigenvalue weighted by Gasteiger charge is -2.28. The average molecular weight is 416 g/mol. The maximum Gasteiger partial charge on any atom is 0.277 e. The minimum atomic E-state index is 0.0247. The zero-order valence-electron chi connectivity index (χ0n) is 17.3. The minimum Gasteiger partial charge on any atom is -0.484 e.